The molecular weight excluding hydrogens is 308 g/mol. The summed E-state index contributed by atoms with van der Waals surface area (Å²) in [6, 6.07) is 3.19. The lowest BCUT2D eigenvalue weighted by atomic mass is 10.1. The van der Waals surface area contributed by atoms with Gasteiger partial charge in [0, 0.05) is 19.2 Å². The van der Waals surface area contributed by atoms with Crippen LogP contribution in [0.1, 0.15) is 13.8 Å². The normalized spacial score (nSPS) is 12.7. The van der Waals surface area contributed by atoms with E-state index in [1.807, 2.05) is 0 Å². The smallest absolute Gasteiger partial charge is 0.270 e. The first kappa shape index (κ1) is 16.8. The Hall–Kier alpha value is -1.22. The summed E-state index contributed by atoms with van der Waals surface area (Å²) in [4.78, 5) is 9.66. The third-order valence-electron chi connectivity index (χ3n) is 3.00. The fourth-order valence-electron chi connectivity index (χ4n) is 1.38. The van der Waals surface area contributed by atoms with Gasteiger partial charge in [0.2, 0.25) is 10.0 Å². The molecule has 0 bridgehead atoms. The molecule has 0 aliphatic rings. The summed E-state index contributed by atoms with van der Waals surface area (Å²) in [6.07, 6.45) is 0. The van der Waals surface area contributed by atoms with E-state index in [0.29, 0.717) is 0 Å². The van der Waals surface area contributed by atoms with E-state index < -0.39 is 27.1 Å². The number of sulfonamides is 1. The van der Waals surface area contributed by atoms with E-state index in [2.05, 4.69) is 0 Å². The summed E-state index contributed by atoms with van der Waals surface area (Å²) in [5, 5.41) is 19.9. The molecule has 0 saturated carbocycles. The van der Waals surface area contributed by atoms with E-state index in [9.17, 15) is 23.6 Å². The molecule has 0 heterocycles. The Morgan fingerprint density at radius 2 is 2.00 bits per heavy atom. The first-order chi connectivity index (χ1) is 9.04. The average Bonchev–Trinajstić information content (AvgIpc) is 2.37. The summed E-state index contributed by atoms with van der Waals surface area (Å²) in [7, 11) is -2.78. The first-order valence-corrected chi connectivity index (χ1v) is 7.39. The Balaban J connectivity index is 3.43. The Morgan fingerprint density at radius 3 is 2.45 bits per heavy atom. The Morgan fingerprint density at radius 1 is 1.45 bits per heavy atom. The molecule has 0 unspecified atom stereocenters. The van der Waals surface area contributed by atoms with Crippen molar-refractivity contribution >= 4 is 27.3 Å². The van der Waals surface area contributed by atoms with Gasteiger partial charge in [0.25, 0.3) is 5.69 Å². The summed E-state index contributed by atoms with van der Waals surface area (Å²) >= 11 is 5.83. The highest BCUT2D eigenvalue weighted by atomic mass is 35.5. The van der Waals surface area contributed by atoms with Crippen LogP contribution in [0.5, 0.6) is 0 Å². The molecule has 0 atom stereocenters. The van der Waals surface area contributed by atoms with Crippen LogP contribution in [0, 0.1) is 10.1 Å². The first-order valence-electron chi connectivity index (χ1n) is 5.58. The minimum absolute atomic E-state index is 0.115. The van der Waals surface area contributed by atoms with Crippen LogP contribution in [0.2, 0.25) is 5.02 Å². The van der Waals surface area contributed by atoms with Crippen molar-refractivity contribution in [3.05, 3.63) is 33.3 Å². The van der Waals surface area contributed by atoms with Crippen molar-refractivity contribution < 1.29 is 18.4 Å². The van der Waals surface area contributed by atoms with Gasteiger partial charge in [-0.05, 0) is 19.9 Å². The third kappa shape index (κ3) is 3.09. The van der Waals surface area contributed by atoms with E-state index in [1.54, 1.807) is 0 Å². The fraction of sp³-hybridized carbons (Fsp3) is 0.455. The van der Waals surface area contributed by atoms with Crippen LogP contribution in [0.15, 0.2) is 23.1 Å². The number of aliphatic hydroxyl groups is 1. The maximum absolute atomic E-state index is 12.4. The monoisotopic (exact) mass is 322 g/mol. The van der Waals surface area contributed by atoms with Crippen molar-refractivity contribution in [3.63, 3.8) is 0 Å². The number of likely N-dealkylation sites (N-methyl/N-ethyl adjacent to an activating group) is 1. The molecule has 1 aromatic carbocycles. The van der Waals surface area contributed by atoms with E-state index >= 15 is 0 Å². The van der Waals surface area contributed by atoms with Gasteiger partial charge in [-0.1, -0.05) is 11.6 Å². The van der Waals surface area contributed by atoms with Crippen LogP contribution in [0.3, 0.4) is 0 Å². The number of hydrogen-bond acceptors (Lipinski definition) is 5. The van der Waals surface area contributed by atoms with Crippen molar-refractivity contribution in [2.24, 2.45) is 0 Å². The second kappa shape index (κ2) is 5.65. The van der Waals surface area contributed by atoms with Crippen molar-refractivity contribution in [1.82, 2.24) is 4.31 Å². The maximum Gasteiger partial charge on any atom is 0.270 e. The molecule has 1 rings (SSSR count). The molecule has 0 radical (unpaired) electrons. The topological polar surface area (TPSA) is 101 Å². The number of aliphatic hydroxyl groups excluding tert-OH is 1. The molecule has 0 aromatic heterocycles. The molecule has 1 aromatic rings. The third-order valence-corrected chi connectivity index (χ3v) is 5.55. The number of halogens is 1. The molecule has 20 heavy (non-hydrogen) atoms. The van der Waals surface area contributed by atoms with Crippen molar-refractivity contribution in [3.8, 4) is 0 Å². The zero-order valence-electron chi connectivity index (χ0n) is 11.2. The second-order valence-electron chi connectivity index (χ2n) is 4.81. The van der Waals surface area contributed by atoms with Crippen molar-refractivity contribution in [1.29, 1.82) is 0 Å². The number of nitro groups is 1. The molecular formula is C11H15ClN2O5S. The maximum atomic E-state index is 12.4. The highest BCUT2D eigenvalue weighted by molar-refractivity contribution is 7.89. The molecule has 0 spiro atoms. The number of nitrogens with zero attached hydrogens (tertiary/aromatic N) is 2. The largest absolute Gasteiger partial charge is 0.394 e. The van der Waals surface area contributed by atoms with Gasteiger partial charge in [-0.25, -0.2) is 8.42 Å². The molecule has 9 heteroatoms. The summed E-state index contributed by atoms with van der Waals surface area (Å²) in [5.41, 5.74) is -1.43. The van der Waals surface area contributed by atoms with Gasteiger partial charge in [-0.2, -0.15) is 4.31 Å². The molecule has 0 fully saturated rings. The molecule has 0 aliphatic carbocycles. The van der Waals surface area contributed by atoms with Gasteiger partial charge >= 0.3 is 0 Å². The predicted molar refractivity (Wildman–Crippen MR) is 74.2 cm³/mol. The minimum atomic E-state index is -4.06. The summed E-state index contributed by atoms with van der Waals surface area (Å²) in [6.45, 7) is 2.64. The molecule has 0 aliphatic heterocycles. The van der Waals surface area contributed by atoms with Crippen LogP contribution in [-0.4, -0.2) is 41.9 Å². The Bertz CT molecular complexity index is 630. The van der Waals surface area contributed by atoms with Gasteiger partial charge in [0.05, 0.1) is 22.1 Å². The quantitative estimate of drug-likeness (QED) is 0.656. The lowest BCUT2D eigenvalue weighted by Crippen LogP contribution is -2.47. The van der Waals surface area contributed by atoms with E-state index in [1.165, 1.54) is 20.9 Å². The lowest BCUT2D eigenvalue weighted by Gasteiger charge is -2.32. The van der Waals surface area contributed by atoms with Crippen molar-refractivity contribution in [2.45, 2.75) is 24.3 Å². The Kier molecular flexibility index (Phi) is 4.75. The Labute approximate surface area is 122 Å². The van der Waals surface area contributed by atoms with Gasteiger partial charge in [-0.3, -0.25) is 10.1 Å². The van der Waals surface area contributed by atoms with E-state index in [0.717, 1.165) is 22.5 Å². The second-order valence-corrected chi connectivity index (χ2v) is 7.16. The molecule has 7 nitrogen and oxygen atoms in total. The number of nitro benzene ring substituents is 1. The van der Waals surface area contributed by atoms with E-state index in [-0.39, 0.29) is 15.6 Å². The van der Waals surface area contributed by atoms with E-state index in [4.69, 9.17) is 11.6 Å². The minimum Gasteiger partial charge on any atom is -0.394 e. The zero-order chi connectivity index (χ0) is 15.7. The van der Waals surface area contributed by atoms with Crippen LogP contribution in [0.25, 0.3) is 0 Å². The highest BCUT2D eigenvalue weighted by Gasteiger charge is 2.35. The van der Waals surface area contributed by atoms with Crippen LogP contribution in [-0.2, 0) is 10.0 Å². The predicted octanol–water partition coefficient (Wildman–Crippen LogP) is 1.64. The SMILES string of the molecule is CN(C(C)(C)CO)S(=O)(=O)c1cc([N+](=O)[O-])ccc1Cl. The number of non-ortho nitro benzene ring substituents is 1. The molecule has 0 amide bonds. The standard InChI is InChI=1S/C11H15ClN2O5S/c1-11(2,7-15)13(3)20(18,19)10-6-8(14(16)17)4-5-9(10)12/h4-6,15H,7H2,1-3H3. The summed E-state index contributed by atoms with van der Waals surface area (Å²) in [5.74, 6) is 0. The molecule has 0 saturated heterocycles. The van der Waals surface area contributed by atoms with Gasteiger partial charge in [-0.15, -0.1) is 0 Å². The van der Waals surface area contributed by atoms with Crippen LogP contribution in [0.4, 0.5) is 5.69 Å². The zero-order valence-corrected chi connectivity index (χ0v) is 12.8. The number of hydrogen-bond donors (Lipinski definition) is 1. The van der Waals surface area contributed by atoms with Gasteiger partial charge in [0.1, 0.15) is 4.90 Å². The molecule has 1 N–H and O–H groups in total. The average molecular weight is 323 g/mol. The highest BCUT2D eigenvalue weighted by Crippen LogP contribution is 2.30. The van der Waals surface area contributed by atoms with Crippen molar-refractivity contribution in [2.75, 3.05) is 13.7 Å². The fourth-order valence-corrected chi connectivity index (χ4v) is 3.37. The number of rotatable bonds is 5. The van der Waals surface area contributed by atoms with Gasteiger partial charge < -0.3 is 5.11 Å². The van der Waals surface area contributed by atoms with Gasteiger partial charge in [0.15, 0.2) is 0 Å². The summed E-state index contributed by atoms with van der Waals surface area (Å²) < 4.78 is 25.8. The van der Waals surface area contributed by atoms with Crippen LogP contribution < -0.4 is 0 Å². The lowest BCUT2D eigenvalue weighted by molar-refractivity contribution is -0.385. The number of benzene rings is 1. The molecule has 112 valence electrons. The van der Waals surface area contributed by atoms with Crippen LogP contribution >= 0.6 is 11.6 Å².